The Morgan fingerprint density at radius 2 is 1.60 bits per heavy atom. The highest BCUT2D eigenvalue weighted by atomic mass is 14.5. The zero-order chi connectivity index (χ0) is 14.2. The molecule has 1 heteroatoms. The third kappa shape index (κ3) is 3.83. The molecular weight excluding hydrogens is 242 g/mol. The lowest BCUT2D eigenvalue weighted by Crippen LogP contribution is -2.03. The molecule has 0 spiro atoms. The summed E-state index contributed by atoms with van der Waals surface area (Å²) in [7, 11) is 0. The first kappa shape index (κ1) is 15.1. The molecule has 0 aromatic heterocycles. The molecule has 1 nitrogen and oxygen atoms in total. The Labute approximate surface area is 123 Å². The summed E-state index contributed by atoms with van der Waals surface area (Å²) in [6.07, 6.45) is 9.26. The van der Waals surface area contributed by atoms with Gasteiger partial charge in [-0.2, -0.15) is 0 Å². The van der Waals surface area contributed by atoms with Crippen molar-refractivity contribution in [3.63, 3.8) is 0 Å². The second-order valence-electron chi connectivity index (χ2n) is 5.65. The lowest BCUT2D eigenvalue weighted by atomic mass is 9.95. The van der Waals surface area contributed by atoms with Gasteiger partial charge in [0, 0.05) is 6.54 Å². The van der Waals surface area contributed by atoms with Crippen molar-refractivity contribution in [2.24, 2.45) is 5.73 Å². The van der Waals surface area contributed by atoms with Gasteiger partial charge in [-0.15, -0.1) is 0 Å². The quantitative estimate of drug-likeness (QED) is 0.655. The second kappa shape index (κ2) is 8.06. The smallest absolute Gasteiger partial charge is 0.0187 e. The molecule has 0 heterocycles. The van der Waals surface area contributed by atoms with Crippen LogP contribution in [0, 0.1) is 0 Å². The number of nitrogens with two attached hydrogens (primary N) is 1. The molecular formula is C19H27N. The number of hydrogen-bond acceptors (Lipinski definition) is 1. The van der Waals surface area contributed by atoms with Crippen LogP contribution in [0.25, 0.3) is 10.8 Å². The van der Waals surface area contributed by atoms with Gasteiger partial charge in [-0.3, -0.25) is 0 Å². The van der Waals surface area contributed by atoms with Crippen molar-refractivity contribution in [1.29, 1.82) is 0 Å². The van der Waals surface area contributed by atoms with E-state index in [2.05, 4.69) is 43.3 Å². The maximum Gasteiger partial charge on any atom is 0.0187 e. The van der Waals surface area contributed by atoms with Crippen molar-refractivity contribution in [2.45, 2.75) is 58.4 Å². The molecule has 0 aliphatic rings. The predicted molar refractivity (Wildman–Crippen MR) is 88.9 cm³/mol. The van der Waals surface area contributed by atoms with E-state index >= 15 is 0 Å². The topological polar surface area (TPSA) is 26.0 Å². The molecule has 0 amide bonds. The molecule has 2 N–H and O–H groups in total. The van der Waals surface area contributed by atoms with Crippen LogP contribution in [0.3, 0.4) is 0 Å². The molecule has 0 unspecified atom stereocenters. The predicted octanol–water partition coefficient (Wildman–Crippen LogP) is 5.20. The van der Waals surface area contributed by atoms with E-state index in [1.165, 1.54) is 66.8 Å². The summed E-state index contributed by atoms with van der Waals surface area (Å²) < 4.78 is 0. The molecule has 0 aliphatic carbocycles. The van der Waals surface area contributed by atoms with Gasteiger partial charge in [0.2, 0.25) is 0 Å². The monoisotopic (exact) mass is 269 g/mol. The summed E-state index contributed by atoms with van der Waals surface area (Å²) in [6.45, 7) is 2.91. The fourth-order valence-electron chi connectivity index (χ4n) is 2.95. The van der Waals surface area contributed by atoms with Crippen LogP contribution in [0.4, 0.5) is 0 Å². The first-order chi connectivity index (χ1) is 9.86. The van der Waals surface area contributed by atoms with Crippen LogP contribution in [0.2, 0.25) is 0 Å². The van der Waals surface area contributed by atoms with E-state index in [0.29, 0.717) is 6.54 Å². The van der Waals surface area contributed by atoms with Gasteiger partial charge in [0.1, 0.15) is 0 Å². The molecule has 0 aliphatic heterocycles. The fraction of sp³-hybridized carbons (Fsp3) is 0.474. The van der Waals surface area contributed by atoms with Crippen molar-refractivity contribution < 1.29 is 0 Å². The van der Waals surface area contributed by atoms with E-state index < -0.39 is 0 Å². The summed E-state index contributed by atoms with van der Waals surface area (Å²) in [5, 5.41) is 2.64. The molecule has 0 radical (unpaired) electrons. The van der Waals surface area contributed by atoms with Crippen LogP contribution >= 0.6 is 0 Å². The number of fused-ring (bicyclic) bond motifs is 1. The van der Waals surface area contributed by atoms with Gasteiger partial charge in [0.15, 0.2) is 0 Å². The summed E-state index contributed by atoms with van der Waals surface area (Å²) in [4.78, 5) is 0. The number of unbranched alkanes of at least 4 members (excludes halogenated alkanes) is 5. The van der Waals surface area contributed by atoms with E-state index in [1.54, 1.807) is 0 Å². The Bertz CT molecular complexity index is 530. The largest absolute Gasteiger partial charge is 0.326 e. The van der Waals surface area contributed by atoms with Gasteiger partial charge >= 0.3 is 0 Å². The zero-order valence-corrected chi connectivity index (χ0v) is 12.7. The average molecular weight is 269 g/mol. The minimum Gasteiger partial charge on any atom is -0.326 e. The van der Waals surface area contributed by atoms with Crippen molar-refractivity contribution in [3.8, 4) is 0 Å². The third-order valence-electron chi connectivity index (χ3n) is 4.14. The number of hydrogen-bond donors (Lipinski definition) is 1. The van der Waals surface area contributed by atoms with Crippen molar-refractivity contribution in [3.05, 3.63) is 47.5 Å². The van der Waals surface area contributed by atoms with Gasteiger partial charge in [-0.05, 0) is 34.7 Å². The Hall–Kier alpha value is -1.34. The summed E-state index contributed by atoms with van der Waals surface area (Å²) >= 11 is 0. The molecule has 0 saturated carbocycles. The molecule has 2 aromatic carbocycles. The minimum absolute atomic E-state index is 0.645. The highest BCUT2D eigenvalue weighted by Crippen LogP contribution is 2.23. The molecule has 0 bridgehead atoms. The highest BCUT2D eigenvalue weighted by molar-refractivity contribution is 5.86. The van der Waals surface area contributed by atoms with E-state index in [9.17, 15) is 0 Å². The van der Waals surface area contributed by atoms with Crippen LogP contribution in [-0.2, 0) is 13.0 Å². The number of aryl methyl sites for hydroxylation is 1. The molecule has 20 heavy (non-hydrogen) atoms. The Balaban J connectivity index is 1.99. The standard InChI is InChI=1S/C19H27N/c1-2-3-4-5-6-7-10-17-14-13-16-11-8-9-12-18(16)19(17)15-20/h8-9,11-14H,2-7,10,15,20H2,1H3. The van der Waals surface area contributed by atoms with Crippen LogP contribution in [0.5, 0.6) is 0 Å². The number of benzene rings is 2. The van der Waals surface area contributed by atoms with Crippen LogP contribution < -0.4 is 5.73 Å². The van der Waals surface area contributed by atoms with Gasteiger partial charge < -0.3 is 5.73 Å². The normalized spacial score (nSPS) is 11.1. The molecule has 2 aromatic rings. The molecule has 0 atom stereocenters. The lowest BCUT2D eigenvalue weighted by Gasteiger charge is -2.11. The second-order valence-corrected chi connectivity index (χ2v) is 5.65. The van der Waals surface area contributed by atoms with E-state index in [0.717, 1.165) is 0 Å². The Morgan fingerprint density at radius 1 is 0.850 bits per heavy atom. The molecule has 0 saturated heterocycles. The summed E-state index contributed by atoms with van der Waals surface area (Å²) in [6, 6.07) is 13.1. The van der Waals surface area contributed by atoms with Gasteiger partial charge in [-0.1, -0.05) is 75.4 Å². The van der Waals surface area contributed by atoms with Crippen LogP contribution in [-0.4, -0.2) is 0 Å². The molecule has 0 fully saturated rings. The molecule has 2 rings (SSSR count). The third-order valence-corrected chi connectivity index (χ3v) is 4.14. The maximum absolute atomic E-state index is 5.99. The molecule has 108 valence electrons. The highest BCUT2D eigenvalue weighted by Gasteiger charge is 2.05. The van der Waals surface area contributed by atoms with Crippen molar-refractivity contribution in [1.82, 2.24) is 0 Å². The maximum atomic E-state index is 5.99. The SMILES string of the molecule is CCCCCCCCc1ccc2ccccc2c1CN. The average Bonchev–Trinajstić information content (AvgIpc) is 2.50. The Morgan fingerprint density at radius 3 is 2.40 bits per heavy atom. The van der Waals surface area contributed by atoms with E-state index in [4.69, 9.17) is 5.73 Å². The van der Waals surface area contributed by atoms with Crippen molar-refractivity contribution >= 4 is 10.8 Å². The fourth-order valence-corrected chi connectivity index (χ4v) is 2.95. The van der Waals surface area contributed by atoms with E-state index in [1.807, 2.05) is 0 Å². The minimum atomic E-state index is 0.645. The first-order valence-corrected chi connectivity index (χ1v) is 8.06. The summed E-state index contributed by atoms with van der Waals surface area (Å²) in [5.74, 6) is 0. The van der Waals surface area contributed by atoms with E-state index in [-0.39, 0.29) is 0 Å². The summed E-state index contributed by atoms with van der Waals surface area (Å²) in [5.41, 5.74) is 8.78. The van der Waals surface area contributed by atoms with Crippen LogP contribution in [0.1, 0.15) is 56.6 Å². The zero-order valence-electron chi connectivity index (χ0n) is 12.7. The number of rotatable bonds is 8. The Kier molecular flexibility index (Phi) is 6.07. The van der Waals surface area contributed by atoms with Gasteiger partial charge in [0.25, 0.3) is 0 Å². The van der Waals surface area contributed by atoms with Crippen LogP contribution in [0.15, 0.2) is 36.4 Å². The van der Waals surface area contributed by atoms with Crippen molar-refractivity contribution in [2.75, 3.05) is 0 Å². The van der Waals surface area contributed by atoms with Gasteiger partial charge in [0.05, 0.1) is 0 Å². The van der Waals surface area contributed by atoms with Gasteiger partial charge in [-0.25, -0.2) is 0 Å². The first-order valence-electron chi connectivity index (χ1n) is 8.06. The lowest BCUT2D eigenvalue weighted by molar-refractivity contribution is 0.607.